The Kier molecular flexibility index (Phi) is 3.98. The summed E-state index contributed by atoms with van der Waals surface area (Å²) in [5.41, 5.74) is 4.00. The van der Waals surface area contributed by atoms with Gasteiger partial charge in [-0.3, -0.25) is 4.79 Å². The minimum atomic E-state index is -0.0164. The molecule has 0 bridgehead atoms. The molecule has 2 aromatic carbocycles. The SMILES string of the molecule is Cc1cc(C(=O)c2cc(Cl)ccc2C)c(C)cc1Cl. The van der Waals surface area contributed by atoms with Crippen molar-refractivity contribution in [2.45, 2.75) is 20.8 Å². The highest BCUT2D eigenvalue weighted by molar-refractivity contribution is 6.32. The number of carbonyl (C=O) groups excluding carboxylic acids is 1. The molecule has 2 aromatic rings. The molecule has 0 atom stereocenters. The van der Waals surface area contributed by atoms with E-state index in [1.807, 2.05) is 39.0 Å². The topological polar surface area (TPSA) is 17.1 Å². The highest BCUT2D eigenvalue weighted by atomic mass is 35.5. The fraction of sp³-hybridized carbons (Fsp3) is 0.188. The molecular weight excluding hydrogens is 279 g/mol. The normalized spacial score (nSPS) is 10.6. The fourth-order valence-corrected chi connectivity index (χ4v) is 2.40. The number of hydrogen-bond acceptors (Lipinski definition) is 1. The lowest BCUT2D eigenvalue weighted by atomic mass is 9.95. The number of carbonyl (C=O) groups is 1. The van der Waals surface area contributed by atoms with E-state index in [-0.39, 0.29) is 5.78 Å². The van der Waals surface area contributed by atoms with Crippen LogP contribution in [-0.4, -0.2) is 5.78 Å². The van der Waals surface area contributed by atoms with Gasteiger partial charge >= 0.3 is 0 Å². The molecule has 1 nitrogen and oxygen atoms in total. The molecule has 0 unspecified atom stereocenters. The summed E-state index contributed by atoms with van der Waals surface area (Å²) in [4.78, 5) is 12.6. The molecule has 0 fully saturated rings. The zero-order valence-electron chi connectivity index (χ0n) is 11.1. The van der Waals surface area contributed by atoms with Crippen LogP contribution in [0.5, 0.6) is 0 Å². The molecule has 0 aliphatic carbocycles. The van der Waals surface area contributed by atoms with Crippen LogP contribution in [0.25, 0.3) is 0 Å². The summed E-state index contributed by atoms with van der Waals surface area (Å²) >= 11 is 12.0. The molecular formula is C16H14Cl2O. The van der Waals surface area contributed by atoms with Crippen molar-refractivity contribution in [2.24, 2.45) is 0 Å². The van der Waals surface area contributed by atoms with Crippen LogP contribution in [0.15, 0.2) is 30.3 Å². The Morgan fingerprint density at radius 3 is 2.16 bits per heavy atom. The van der Waals surface area contributed by atoms with Crippen LogP contribution in [0.1, 0.15) is 32.6 Å². The second-order valence-corrected chi connectivity index (χ2v) is 5.55. The molecule has 0 amide bonds. The van der Waals surface area contributed by atoms with Gasteiger partial charge in [-0.25, -0.2) is 0 Å². The van der Waals surface area contributed by atoms with E-state index in [1.165, 1.54) is 0 Å². The van der Waals surface area contributed by atoms with Gasteiger partial charge in [0.15, 0.2) is 5.78 Å². The zero-order valence-corrected chi connectivity index (χ0v) is 12.6. The number of ketones is 1. The molecule has 0 aliphatic rings. The second-order valence-electron chi connectivity index (χ2n) is 4.70. The van der Waals surface area contributed by atoms with Gasteiger partial charge in [0, 0.05) is 21.2 Å². The highest BCUT2D eigenvalue weighted by Gasteiger charge is 2.15. The van der Waals surface area contributed by atoms with E-state index in [0.717, 1.165) is 16.7 Å². The quantitative estimate of drug-likeness (QED) is 0.700. The van der Waals surface area contributed by atoms with Crippen LogP contribution in [0.4, 0.5) is 0 Å². The third kappa shape index (κ3) is 2.83. The van der Waals surface area contributed by atoms with Crippen molar-refractivity contribution in [3.8, 4) is 0 Å². The van der Waals surface area contributed by atoms with Gasteiger partial charge in [0.2, 0.25) is 0 Å². The molecule has 0 aromatic heterocycles. The lowest BCUT2D eigenvalue weighted by molar-refractivity contribution is 0.103. The maximum Gasteiger partial charge on any atom is 0.193 e. The Labute approximate surface area is 123 Å². The first-order valence-corrected chi connectivity index (χ1v) is 6.73. The third-order valence-electron chi connectivity index (χ3n) is 3.19. The molecule has 0 aliphatic heterocycles. The number of hydrogen-bond donors (Lipinski definition) is 0. The number of rotatable bonds is 2. The van der Waals surface area contributed by atoms with Gasteiger partial charge in [-0.2, -0.15) is 0 Å². The van der Waals surface area contributed by atoms with E-state index in [9.17, 15) is 4.79 Å². The maximum atomic E-state index is 12.6. The second kappa shape index (κ2) is 5.36. The van der Waals surface area contributed by atoms with Gasteiger partial charge in [0.25, 0.3) is 0 Å². The van der Waals surface area contributed by atoms with Crippen LogP contribution >= 0.6 is 23.2 Å². The van der Waals surface area contributed by atoms with Gasteiger partial charge in [-0.1, -0.05) is 29.3 Å². The average Bonchev–Trinajstić information content (AvgIpc) is 2.36. The monoisotopic (exact) mass is 292 g/mol. The van der Waals surface area contributed by atoms with Crippen molar-refractivity contribution in [1.29, 1.82) is 0 Å². The first kappa shape index (κ1) is 14.1. The average molecular weight is 293 g/mol. The largest absolute Gasteiger partial charge is 0.289 e. The van der Waals surface area contributed by atoms with Crippen LogP contribution in [0.3, 0.4) is 0 Å². The lowest BCUT2D eigenvalue weighted by Gasteiger charge is -2.10. The van der Waals surface area contributed by atoms with Gasteiger partial charge in [-0.05, 0) is 61.7 Å². The summed E-state index contributed by atoms with van der Waals surface area (Å²) in [5.74, 6) is -0.0164. The third-order valence-corrected chi connectivity index (χ3v) is 3.84. The molecule has 0 heterocycles. The Balaban J connectivity index is 2.56. The summed E-state index contributed by atoms with van der Waals surface area (Å²) in [6.45, 7) is 5.68. The maximum absolute atomic E-state index is 12.6. The fourth-order valence-electron chi connectivity index (χ4n) is 2.01. The van der Waals surface area contributed by atoms with Crippen LogP contribution < -0.4 is 0 Å². The van der Waals surface area contributed by atoms with E-state index in [0.29, 0.717) is 21.2 Å². The standard InChI is InChI=1S/C16H14Cl2O/c1-9-4-5-12(17)8-14(9)16(19)13-6-11(3)15(18)7-10(13)2/h4-8H,1-3H3. The van der Waals surface area contributed by atoms with Crippen molar-refractivity contribution in [3.63, 3.8) is 0 Å². The molecule has 0 spiro atoms. The van der Waals surface area contributed by atoms with Crippen molar-refractivity contribution in [1.82, 2.24) is 0 Å². The molecule has 0 saturated carbocycles. The lowest BCUT2D eigenvalue weighted by Crippen LogP contribution is -2.06. The molecule has 0 N–H and O–H groups in total. The summed E-state index contributed by atoms with van der Waals surface area (Å²) in [6.07, 6.45) is 0. The number of halogens is 2. The molecule has 19 heavy (non-hydrogen) atoms. The van der Waals surface area contributed by atoms with E-state index in [1.54, 1.807) is 12.1 Å². The van der Waals surface area contributed by atoms with Crippen molar-refractivity contribution >= 4 is 29.0 Å². The van der Waals surface area contributed by atoms with Gasteiger partial charge in [-0.15, -0.1) is 0 Å². The van der Waals surface area contributed by atoms with Crippen LogP contribution in [0, 0.1) is 20.8 Å². The minimum Gasteiger partial charge on any atom is -0.289 e. The summed E-state index contributed by atoms with van der Waals surface area (Å²) in [5, 5.41) is 1.24. The molecule has 3 heteroatoms. The molecule has 98 valence electrons. The van der Waals surface area contributed by atoms with Crippen molar-refractivity contribution in [3.05, 3.63) is 68.2 Å². The predicted molar refractivity (Wildman–Crippen MR) is 80.5 cm³/mol. The first-order chi connectivity index (χ1) is 8.90. The van der Waals surface area contributed by atoms with Crippen molar-refractivity contribution < 1.29 is 4.79 Å². The Morgan fingerprint density at radius 2 is 1.47 bits per heavy atom. The smallest absolute Gasteiger partial charge is 0.193 e. The van der Waals surface area contributed by atoms with E-state index in [2.05, 4.69) is 0 Å². The van der Waals surface area contributed by atoms with Gasteiger partial charge in [0.1, 0.15) is 0 Å². The summed E-state index contributed by atoms with van der Waals surface area (Å²) in [6, 6.07) is 9.01. The van der Waals surface area contributed by atoms with Crippen molar-refractivity contribution in [2.75, 3.05) is 0 Å². The Hall–Kier alpha value is -1.31. The molecule has 0 radical (unpaired) electrons. The van der Waals surface area contributed by atoms with Gasteiger partial charge < -0.3 is 0 Å². The zero-order chi connectivity index (χ0) is 14.2. The molecule has 2 rings (SSSR count). The number of aryl methyl sites for hydroxylation is 3. The van der Waals surface area contributed by atoms with Crippen LogP contribution in [-0.2, 0) is 0 Å². The minimum absolute atomic E-state index is 0.0164. The summed E-state index contributed by atoms with van der Waals surface area (Å²) < 4.78 is 0. The van der Waals surface area contributed by atoms with E-state index in [4.69, 9.17) is 23.2 Å². The van der Waals surface area contributed by atoms with Crippen LogP contribution in [0.2, 0.25) is 10.0 Å². The van der Waals surface area contributed by atoms with E-state index < -0.39 is 0 Å². The number of benzene rings is 2. The molecule has 0 saturated heterocycles. The Bertz CT molecular complexity index is 660. The predicted octanol–water partition coefficient (Wildman–Crippen LogP) is 5.15. The summed E-state index contributed by atoms with van der Waals surface area (Å²) in [7, 11) is 0. The highest BCUT2D eigenvalue weighted by Crippen LogP contribution is 2.25. The first-order valence-electron chi connectivity index (χ1n) is 5.97. The van der Waals surface area contributed by atoms with Gasteiger partial charge in [0.05, 0.1) is 0 Å². The van der Waals surface area contributed by atoms with E-state index >= 15 is 0 Å². The Morgan fingerprint density at radius 1 is 0.842 bits per heavy atom.